The van der Waals surface area contributed by atoms with Gasteiger partial charge in [-0.25, -0.2) is 14.8 Å². The average Bonchev–Trinajstić information content (AvgIpc) is 3.47. The highest BCUT2D eigenvalue weighted by atomic mass is 19.1. The van der Waals surface area contributed by atoms with E-state index in [9.17, 15) is 20.2 Å². The van der Waals surface area contributed by atoms with E-state index >= 15 is 0 Å². The smallest absolute Gasteiger partial charge is 0.266 e. The van der Waals surface area contributed by atoms with E-state index in [4.69, 9.17) is 19.6 Å². The van der Waals surface area contributed by atoms with Gasteiger partial charge in [0.25, 0.3) is 5.91 Å². The number of nitrogens with zero attached hydrogens (tertiary/aromatic N) is 7. The standard InChI is InChI=1S/C33H30FN9O4/c34-25-9-5-7-22(19-25)21-37-41-32(45)33(20-24-8-1-3-11-28(24)39-42-35)30(27-10-2-4-12-29(27)40-43-36)47-31(38-33)23-13-15-26(16-14-23)46-18-6-17-44/h1-5,7-16,19,30,37,44H,6,17-18,20-21H2,(H,41,45)/t30-,33-/m0/s1. The second-order valence-electron chi connectivity index (χ2n) is 10.5. The number of rotatable bonds is 14. The minimum Gasteiger partial charge on any atom is -0.494 e. The molecule has 0 bridgehead atoms. The molecule has 5 rings (SSSR count). The SMILES string of the molecule is [N-]=[N+]=Nc1ccccc1C[C@]1(C(=O)NNCc2cccc(F)c2)N=C(c2ccc(OCCCO)cc2)O[C@H]1c1ccccc1N=[N+]=[N-]. The van der Waals surface area contributed by atoms with Crippen LogP contribution in [0.2, 0.25) is 0 Å². The molecule has 1 heterocycles. The van der Waals surface area contributed by atoms with Gasteiger partial charge >= 0.3 is 0 Å². The summed E-state index contributed by atoms with van der Waals surface area (Å²) in [4.78, 5) is 25.3. The molecule has 0 aromatic heterocycles. The molecule has 0 unspecified atom stereocenters. The van der Waals surface area contributed by atoms with Crippen LogP contribution in [0.1, 0.15) is 34.8 Å². The van der Waals surface area contributed by atoms with E-state index < -0.39 is 23.4 Å². The normalized spacial score (nSPS) is 16.6. The van der Waals surface area contributed by atoms with Crippen LogP contribution >= 0.6 is 0 Å². The molecule has 47 heavy (non-hydrogen) atoms. The van der Waals surface area contributed by atoms with E-state index in [2.05, 4.69) is 30.9 Å². The van der Waals surface area contributed by atoms with Crippen molar-refractivity contribution in [2.45, 2.75) is 31.0 Å². The molecule has 0 radical (unpaired) electrons. The van der Waals surface area contributed by atoms with Crippen molar-refractivity contribution in [3.05, 3.63) is 146 Å². The molecule has 0 spiro atoms. The van der Waals surface area contributed by atoms with Crippen LogP contribution < -0.4 is 15.6 Å². The fourth-order valence-electron chi connectivity index (χ4n) is 5.19. The molecule has 1 aliphatic rings. The zero-order valence-corrected chi connectivity index (χ0v) is 25.0. The van der Waals surface area contributed by atoms with Gasteiger partial charge in [0.1, 0.15) is 11.6 Å². The van der Waals surface area contributed by atoms with Crippen molar-refractivity contribution in [2.75, 3.05) is 13.2 Å². The number of hydrogen-bond donors (Lipinski definition) is 3. The Labute approximate surface area is 268 Å². The lowest BCUT2D eigenvalue weighted by atomic mass is 9.81. The first-order valence-corrected chi connectivity index (χ1v) is 14.6. The van der Waals surface area contributed by atoms with Crippen LogP contribution in [0.4, 0.5) is 15.8 Å². The number of hydrogen-bond acceptors (Lipinski definition) is 8. The number of aliphatic hydroxyl groups excluding tert-OH is 1. The second kappa shape index (κ2) is 15.4. The third kappa shape index (κ3) is 7.67. The summed E-state index contributed by atoms with van der Waals surface area (Å²) in [5, 5.41) is 16.7. The Morgan fingerprint density at radius 3 is 2.45 bits per heavy atom. The van der Waals surface area contributed by atoms with Gasteiger partial charge < -0.3 is 14.6 Å². The zero-order valence-electron chi connectivity index (χ0n) is 25.0. The number of carbonyl (C=O) groups excluding carboxylic acids is 1. The number of amides is 1. The lowest BCUT2D eigenvalue weighted by Crippen LogP contribution is -2.53. The molecule has 0 aliphatic carbocycles. The highest BCUT2D eigenvalue weighted by Gasteiger charge is 2.54. The number of carbonyl (C=O) groups is 1. The Hall–Kier alpha value is -5.91. The quantitative estimate of drug-likeness (QED) is 0.0451. The van der Waals surface area contributed by atoms with Crippen molar-refractivity contribution in [1.82, 2.24) is 10.9 Å². The Morgan fingerprint density at radius 1 is 0.979 bits per heavy atom. The van der Waals surface area contributed by atoms with Crippen LogP contribution in [-0.4, -0.2) is 35.7 Å². The summed E-state index contributed by atoms with van der Waals surface area (Å²) in [7, 11) is 0. The van der Waals surface area contributed by atoms with E-state index in [0.29, 0.717) is 46.7 Å². The number of hydrazine groups is 1. The third-order valence-corrected chi connectivity index (χ3v) is 7.39. The molecule has 2 atom stereocenters. The van der Waals surface area contributed by atoms with Crippen molar-refractivity contribution >= 4 is 23.2 Å². The number of aliphatic imine (C=N–C) groups is 1. The van der Waals surface area contributed by atoms with Crippen LogP contribution in [0, 0.1) is 5.82 Å². The predicted octanol–water partition coefficient (Wildman–Crippen LogP) is 6.79. The maximum absolute atomic E-state index is 14.4. The van der Waals surface area contributed by atoms with Gasteiger partial charge in [-0.15, -0.1) is 0 Å². The third-order valence-electron chi connectivity index (χ3n) is 7.39. The number of azide groups is 2. The van der Waals surface area contributed by atoms with Gasteiger partial charge in [-0.2, -0.15) is 0 Å². The highest BCUT2D eigenvalue weighted by Crippen LogP contribution is 2.46. The van der Waals surface area contributed by atoms with E-state index in [-0.39, 0.29) is 31.2 Å². The Balaban J connectivity index is 1.60. The zero-order chi connectivity index (χ0) is 33.1. The van der Waals surface area contributed by atoms with Crippen molar-refractivity contribution < 1.29 is 23.8 Å². The van der Waals surface area contributed by atoms with Crippen LogP contribution in [0.15, 0.2) is 112 Å². The van der Waals surface area contributed by atoms with Gasteiger partial charge in [0, 0.05) is 58.3 Å². The number of benzene rings is 4. The van der Waals surface area contributed by atoms with Gasteiger partial charge in [-0.3, -0.25) is 10.2 Å². The minimum atomic E-state index is -1.73. The number of aliphatic hydroxyl groups is 1. The predicted molar refractivity (Wildman–Crippen MR) is 172 cm³/mol. The molecule has 1 aliphatic heterocycles. The summed E-state index contributed by atoms with van der Waals surface area (Å²) in [6.45, 7) is 0.442. The maximum atomic E-state index is 14.4. The monoisotopic (exact) mass is 635 g/mol. The summed E-state index contributed by atoms with van der Waals surface area (Å²) >= 11 is 0. The van der Waals surface area contributed by atoms with Crippen molar-refractivity contribution in [3.63, 3.8) is 0 Å². The van der Waals surface area contributed by atoms with E-state index in [1.807, 2.05) is 0 Å². The average molecular weight is 636 g/mol. The van der Waals surface area contributed by atoms with Crippen LogP contribution in [-0.2, 0) is 22.5 Å². The van der Waals surface area contributed by atoms with Gasteiger partial charge in [0.15, 0.2) is 11.6 Å². The Kier molecular flexibility index (Phi) is 10.6. The molecule has 0 fully saturated rings. The molecule has 0 saturated carbocycles. The minimum absolute atomic E-state index is 0.00544. The lowest BCUT2D eigenvalue weighted by Gasteiger charge is -2.31. The Bertz CT molecular complexity index is 1860. The lowest BCUT2D eigenvalue weighted by molar-refractivity contribution is -0.130. The summed E-state index contributed by atoms with van der Waals surface area (Å²) in [5.74, 6) is -0.321. The van der Waals surface area contributed by atoms with Crippen molar-refractivity contribution in [2.24, 2.45) is 15.2 Å². The summed E-state index contributed by atoms with van der Waals surface area (Å²) < 4.78 is 26.0. The molecule has 4 aromatic carbocycles. The fourth-order valence-corrected chi connectivity index (χ4v) is 5.19. The van der Waals surface area contributed by atoms with Crippen molar-refractivity contribution in [3.8, 4) is 5.75 Å². The van der Waals surface area contributed by atoms with Gasteiger partial charge in [0.05, 0.1) is 6.61 Å². The van der Waals surface area contributed by atoms with Gasteiger partial charge in [0.2, 0.25) is 5.90 Å². The van der Waals surface area contributed by atoms with Crippen LogP contribution in [0.5, 0.6) is 5.75 Å². The molecule has 238 valence electrons. The second-order valence-corrected chi connectivity index (χ2v) is 10.5. The molecule has 13 nitrogen and oxygen atoms in total. The fraction of sp³-hybridized carbons (Fsp3) is 0.212. The first-order valence-electron chi connectivity index (χ1n) is 14.6. The van der Waals surface area contributed by atoms with Gasteiger partial charge in [-0.1, -0.05) is 70.9 Å². The van der Waals surface area contributed by atoms with Crippen LogP contribution in [0.25, 0.3) is 20.9 Å². The number of ether oxygens (including phenoxy) is 2. The number of nitrogens with one attached hydrogen (secondary N) is 2. The summed E-state index contributed by atoms with van der Waals surface area (Å²) in [5.41, 5.74) is 25.0. The molecule has 14 heteroatoms. The summed E-state index contributed by atoms with van der Waals surface area (Å²) in [6.07, 6.45) is -0.724. The topological polar surface area (TPSA) is 190 Å². The van der Waals surface area contributed by atoms with Crippen LogP contribution in [0.3, 0.4) is 0 Å². The number of halogens is 1. The van der Waals surface area contributed by atoms with E-state index in [1.54, 1.807) is 84.9 Å². The van der Waals surface area contributed by atoms with Crippen molar-refractivity contribution in [1.29, 1.82) is 0 Å². The first-order chi connectivity index (χ1) is 23.0. The van der Waals surface area contributed by atoms with Gasteiger partial charge in [-0.05, 0) is 58.6 Å². The molecular weight excluding hydrogens is 605 g/mol. The largest absolute Gasteiger partial charge is 0.494 e. The summed E-state index contributed by atoms with van der Waals surface area (Å²) in [6, 6.07) is 26.4. The molecule has 4 aromatic rings. The van der Waals surface area contributed by atoms with E-state index in [1.165, 1.54) is 12.1 Å². The molecule has 3 N–H and O–H groups in total. The molecule has 1 amide bonds. The molecule has 0 saturated heterocycles. The van der Waals surface area contributed by atoms with E-state index in [0.717, 1.165) is 0 Å². The Morgan fingerprint density at radius 2 is 1.70 bits per heavy atom. The molecular formula is C33H30FN9O4. The first kappa shape index (κ1) is 32.5. The highest BCUT2D eigenvalue weighted by molar-refractivity contribution is 6.01. The maximum Gasteiger partial charge on any atom is 0.266 e.